The van der Waals surface area contributed by atoms with Crippen molar-refractivity contribution in [2.45, 2.75) is 43.7 Å². The Morgan fingerprint density at radius 3 is 2.72 bits per heavy atom. The number of fused-ring (bicyclic) bond motifs is 2. The Hall–Kier alpha value is -0.770. The van der Waals surface area contributed by atoms with Gasteiger partial charge in [0.2, 0.25) is 0 Å². The van der Waals surface area contributed by atoms with E-state index >= 15 is 0 Å². The van der Waals surface area contributed by atoms with Crippen LogP contribution in [0.2, 0.25) is 0 Å². The van der Waals surface area contributed by atoms with Gasteiger partial charge in [-0.2, -0.15) is 0 Å². The molecule has 2 fully saturated rings. The molecule has 3 nitrogen and oxygen atoms in total. The lowest BCUT2D eigenvalue weighted by Crippen LogP contribution is -2.30. The normalized spacial score (nSPS) is 31.6. The second-order valence-electron chi connectivity index (χ2n) is 5.73. The third-order valence-corrected chi connectivity index (χ3v) is 5.30. The maximum absolute atomic E-state index is 4.24. The van der Waals surface area contributed by atoms with Crippen LogP contribution in [0, 0.1) is 17.8 Å². The Bertz CT molecular complexity index is 406. The van der Waals surface area contributed by atoms with E-state index in [2.05, 4.69) is 22.4 Å². The summed E-state index contributed by atoms with van der Waals surface area (Å²) in [4.78, 5) is 0. The van der Waals surface area contributed by atoms with Gasteiger partial charge in [0.25, 0.3) is 0 Å². The van der Waals surface area contributed by atoms with Crippen molar-refractivity contribution in [2.75, 3.05) is 11.6 Å². The number of rotatable bonds is 4. The number of aromatic nitrogens is 2. The van der Waals surface area contributed by atoms with Gasteiger partial charge >= 0.3 is 0 Å². The van der Waals surface area contributed by atoms with Gasteiger partial charge in [-0.25, -0.2) is 0 Å². The monoisotopic (exact) mass is 263 g/mol. The molecule has 2 aliphatic carbocycles. The SMILES string of the molecule is CSc1ccc(NC(C)C2CC3CCC2C3)nn1. The average Bonchev–Trinajstić information content (AvgIpc) is 3.02. The molecule has 1 aromatic heterocycles. The number of nitrogens with zero attached hydrogens (tertiary/aromatic N) is 2. The molecule has 18 heavy (non-hydrogen) atoms. The van der Waals surface area contributed by atoms with Crippen LogP contribution in [0.25, 0.3) is 0 Å². The van der Waals surface area contributed by atoms with Gasteiger partial charge in [0, 0.05) is 6.04 Å². The highest BCUT2D eigenvalue weighted by Gasteiger charge is 2.41. The third kappa shape index (κ3) is 2.35. The number of thioether (sulfide) groups is 1. The lowest BCUT2D eigenvalue weighted by molar-refractivity contribution is 0.304. The minimum Gasteiger partial charge on any atom is -0.366 e. The van der Waals surface area contributed by atoms with Crippen LogP contribution in [0.15, 0.2) is 17.2 Å². The molecule has 98 valence electrons. The largest absolute Gasteiger partial charge is 0.366 e. The van der Waals surface area contributed by atoms with Gasteiger partial charge in [-0.3, -0.25) is 0 Å². The summed E-state index contributed by atoms with van der Waals surface area (Å²) >= 11 is 1.63. The van der Waals surface area contributed by atoms with E-state index in [4.69, 9.17) is 0 Å². The lowest BCUT2D eigenvalue weighted by Gasteiger charge is -2.28. The minimum atomic E-state index is 0.523. The van der Waals surface area contributed by atoms with Crippen LogP contribution in [0.5, 0.6) is 0 Å². The highest BCUT2D eigenvalue weighted by molar-refractivity contribution is 7.98. The van der Waals surface area contributed by atoms with Gasteiger partial charge in [-0.1, -0.05) is 6.42 Å². The van der Waals surface area contributed by atoms with E-state index in [0.29, 0.717) is 6.04 Å². The highest BCUT2D eigenvalue weighted by atomic mass is 32.2. The van der Waals surface area contributed by atoms with Gasteiger partial charge < -0.3 is 5.32 Å². The molecule has 1 heterocycles. The van der Waals surface area contributed by atoms with Crippen molar-refractivity contribution < 1.29 is 0 Å². The molecule has 0 amide bonds. The van der Waals surface area contributed by atoms with Gasteiger partial charge in [0.15, 0.2) is 0 Å². The first kappa shape index (κ1) is 12.3. The van der Waals surface area contributed by atoms with Crippen LogP contribution in [0.1, 0.15) is 32.6 Å². The van der Waals surface area contributed by atoms with Crippen molar-refractivity contribution >= 4 is 17.6 Å². The fourth-order valence-corrected chi connectivity index (χ4v) is 4.08. The first-order chi connectivity index (χ1) is 8.76. The summed E-state index contributed by atoms with van der Waals surface area (Å²) in [6, 6.07) is 4.60. The number of anilines is 1. The zero-order chi connectivity index (χ0) is 12.5. The Morgan fingerprint density at radius 1 is 1.28 bits per heavy atom. The second kappa shape index (κ2) is 5.08. The number of nitrogens with one attached hydrogen (secondary N) is 1. The Labute approximate surface area is 113 Å². The van der Waals surface area contributed by atoms with Gasteiger partial charge in [-0.15, -0.1) is 22.0 Å². The van der Waals surface area contributed by atoms with E-state index in [0.717, 1.165) is 28.6 Å². The molecular formula is C14H21N3S. The van der Waals surface area contributed by atoms with Gasteiger partial charge in [-0.05, 0) is 62.3 Å². The Kier molecular flexibility index (Phi) is 3.46. The lowest BCUT2D eigenvalue weighted by atomic mass is 9.84. The van der Waals surface area contributed by atoms with Crippen molar-refractivity contribution in [2.24, 2.45) is 17.8 Å². The molecule has 0 aliphatic heterocycles. The standard InChI is InChI=1S/C14H21N3S/c1-9(12-8-10-3-4-11(12)7-10)15-13-5-6-14(18-2)17-16-13/h5-6,9-12H,3-4,7-8H2,1-2H3,(H,15,16). The number of hydrogen-bond donors (Lipinski definition) is 1. The summed E-state index contributed by atoms with van der Waals surface area (Å²) in [5, 5.41) is 12.9. The average molecular weight is 263 g/mol. The second-order valence-corrected chi connectivity index (χ2v) is 6.56. The predicted molar refractivity (Wildman–Crippen MR) is 75.8 cm³/mol. The third-order valence-electron chi connectivity index (χ3n) is 4.66. The topological polar surface area (TPSA) is 37.8 Å². The minimum absolute atomic E-state index is 0.523. The molecule has 1 N–H and O–H groups in total. The van der Waals surface area contributed by atoms with Crippen LogP contribution < -0.4 is 5.32 Å². The molecule has 4 atom stereocenters. The molecule has 0 radical (unpaired) electrons. The zero-order valence-corrected chi connectivity index (χ0v) is 11.9. The van der Waals surface area contributed by atoms with Crippen molar-refractivity contribution in [3.05, 3.63) is 12.1 Å². The summed E-state index contributed by atoms with van der Waals surface area (Å²) in [5.41, 5.74) is 0. The fraction of sp³-hybridized carbons (Fsp3) is 0.714. The number of hydrogen-bond acceptors (Lipinski definition) is 4. The zero-order valence-electron chi connectivity index (χ0n) is 11.1. The van der Waals surface area contributed by atoms with Crippen molar-refractivity contribution in [1.29, 1.82) is 0 Å². The van der Waals surface area contributed by atoms with E-state index in [1.165, 1.54) is 25.7 Å². The van der Waals surface area contributed by atoms with Gasteiger partial charge in [0.05, 0.1) is 0 Å². The van der Waals surface area contributed by atoms with E-state index in [1.807, 2.05) is 18.4 Å². The maximum Gasteiger partial charge on any atom is 0.148 e. The van der Waals surface area contributed by atoms with Crippen molar-refractivity contribution in [3.8, 4) is 0 Å². The highest BCUT2D eigenvalue weighted by Crippen LogP contribution is 2.49. The molecule has 0 spiro atoms. The maximum atomic E-state index is 4.24. The molecular weight excluding hydrogens is 242 g/mol. The molecule has 3 rings (SSSR count). The summed E-state index contributed by atoms with van der Waals surface area (Å²) in [6.45, 7) is 2.30. The van der Waals surface area contributed by atoms with E-state index < -0.39 is 0 Å². The van der Waals surface area contributed by atoms with Gasteiger partial charge in [0.1, 0.15) is 10.8 Å². The van der Waals surface area contributed by atoms with E-state index in [9.17, 15) is 0 Å². The van der Waals surface area contributed by atoms with Crippen LogP contribution in [-0.4, -0.2) is 22.5 Å². The summed E-state index contributed by atoms with van der Waals surface area (Å²) < 4.78 is 0. The Balaban J connectivity index is 1.61. The van der Waals surface area contributed by atoms with Crippen LogP contribution in [0.4, 0.5) is 5.82 Å². The molecule has 4 heteroatoms. The molecule has 2 bridgehead atoms. The van der Waals surface area contributed by atoms with Crippen LogP contribution >= 0.6 is 11.8 Å². The van der Waals surface area contributed by atoms with Crippen LogP contribution in [0.3, 0.4) is 0 Å². The first-order valence-electron chi connectivity index (χ1n) is 6.90. The predicted octanol–water partition coefficient (Wildman–Crippen LogP) is 3.44. The van der Waals surface area contributed by atoms with Crippen molar-refractivity contribution in [1.82, 2.24) is 10.2 Å². The fourth-order valence-electron chi connectivity index (χ4n) is 3.75. The summed E-state index contributed by atoms with van der Waals surface area (Å²) in [5.74, 6) is 3.72. The van der Waals surface area contributed by atoms with E-state index in [1.54, 1.807) is 11.8 Å². The van der Waals surface area contributed by atoms with Crippen LogP contribution in [-0.2, 0) is 0 Å². The first-order valence-corrected chi connectivity index (χ1v) is 8.13. The molecule has 2 saturated carbocycles. The molecule has 0 saturated heterocycles. The summed E-state index contributed by atoms with van der Waals surface area (Å²) in [7, 11) is 0. The smallest absolute Gasteiger partial charge is 0.148 e. The molecule has 1 aromatic rings. The van der Waals surface area contributed by atoms with E-state index in [-0.39, 0.29) is 0 Å². The molecule has 4 unspecified atom stereocenters. The Morgan fingerprint density at radius 2 is 2.17 bits per heavy atom. The van der Waals surface area contributed by atoms with Crippen molar-refractivity contribution in [3.63, 3.8) is 0 Å². The summed E-state index contributed by atoms with van der Waals surface area (Å²) in [6.07, 6.45) is 7.81. The molecule has 2 aliphatic rings. The quantitative estimate of drug-likeness (QED) is 0.845. The molecule has 0 aromatic carbocycles.